The summed E-state index contributed by atoms with van der Waals surface area (Å²) in [6.45, 7) is 5.87. The fraction of sp³-hybridized carbons (Fsp3) is 0.909. The first-order chi connectivity index (χ1) is 7.06. The number of nitrogens with one attached hydrogen (secondary N) is 1. The van der Waals surface area contributed by atoms with Crippen molar-refractivity contribution in [1.29, 1.82) is 0 Å². The molecule has 4 nitrogen and oxygen atoms in total. The van der Waals surface area contributed by atoms with Gasteiger partial charge in [0.15, 0.2) is 6.29 Å². The Morgan fingerprint density at radius 2 is 1.80 bits per heavy atom. The van der Waals surface area contributed by atoms with Gasteiger partial charge in [-0.05, 0) is 13.3 Å². The molecule has 0 aromatic heterocycles. The van der Waals surface area contributed by atoms with Gasteiger partial charge in [-0.25, -0.2) is 0 Å². The molecule has 0 bridgehead atoms. The minimum atomic E-state index is -0.386. The normalized spacial score (nSPS) is 15.1. The fourth-order valence-electron chi connectivity index (χ4n) is 1.50. The van der Waals surface area contributed by atoms with Crippen LogP contribution < -0.4 is 5.32 Å². The summed E-state index contributed by atoms with van der Waals surface area (Å²) in [5.41, 5.74) is 0. The summed E-state index contributed by atoms with van der Waals surface area (Å²) in [5.74, 6) is 0.107. The molecular formula is C11H23NO3. The first-order valence-corrected chi connectivity index (χ1v) is 5.42. The standard InChI is InChI=1S/C11H23NO3/c1-6-7-8(2)10(13)12-9(3)11(14-4)15-5/h8-9,11H,6-7H2,1-5H3,(H,12,13). The maximum absolute atomic E-state index is 11.7. The molecule has 0 saturated carbocycles. The molecular weight excluding hydrogens is 194 g/mol. The average molecular weight is 217 g/mol. The number of hydrogen-bond acceptors (Lipinski definition) is 3. The molecule has 0 aliphatic rings. The van der Waals surface area contributed by atoms with Crippen LogP contribution in [0.1, 0.15) is 33.6 Å². The predicted octanol–water partition coefficient (Wildman–Crippen LogP) is 1.55. The van der Waals surface area contributed by atoms with Crippen molar-refractivity contribution in [2.24, 2.45) is 5.92 Å². The average Bonchev–Trinajstić information content (AvgIpc) is 2.19. The maximum atomic E-state index is 11.7. The number of carbonyl (C=O) groups excluding carboxylic acids is 1. The Bertz CT molecular complexity index is 181. The summed E-state index contributed by atoms with van der Waals surface area (Å²) < 4.78 is 10.1. The van der Waals surface area contributed by atoms with Gasteiger partial charge in [0.1, 0.15) is 0 Å². The fourth-order valence-corrected chi connectivity index (χ4v) is 1.50. The lowest BCUT2D eigenvalue weighted by molar-refractivity contribution is -0.138. The van der Waals surface area contributed by atoms with E-state index in [1.54, 1.807) is 14.2 Å². The Morgan fingerprint density at radius 1 is 1.27 bits per heavy atom. The molecule has 2 atom stereocenters. The summed E-state index contributed by atoms with van der Waals surface area (Å²) in [7, 11) is 3.12. The highest BCUT2D eigenvalue weighted by atomic mass is 16.7. The van der Waals surface area contributed by atoms with E-state index >= 15 is 0 Å². The zero-order valence-corrected chi connectivity index (χ0v) is 10.4. The van der Waals surface area contributed by atoms with Gasteiger partial charge in [0, 0.05) is 20.1 Å². The second-order valence-electron chi connectivity index (χ2n) is 3.83. The van der Waals surface area contributed by atoms with Crippen molar-refractivity contribution in [3.8, 4) is 0 Å². The Kier molecular flexibility index (Phi) is 7.34. The van der Waals surface area contributed by atoms with Crippen LogP contribution in [0.3, 0.4) is 0 Å². The van der Waals surface area contributed by atoms with Crippen molar-refractivity contribution < 1.29 is 14.3 Å². The van der Waals surface area contributed by atoms with Gasteiger partial charge < -0.3 is 14.8 Å². The molecule has 4 heteroatoms. The maximum Gasteiger partial charge on any atom is 0.223 e. The Hall–Kier alpha value is -0.610. The number of methoxy groups -OCH3 is 2. The first kappa shape index (κ1) is 14.4. The third kappa shape index (κ3) is 5.14. The highest BCUT2D eigenvalue weighted by Crippen LogP contribution is 2.06. The third-order valence-electron chi connectivity index (χ3n) is 2.41. The molecule has 0 aliphatic carbocycles. The molecule has 0 fully saturated rings. The number of ether oxygens (including phenoxy) is 2. The van der Waals surface area contributed by atoms with Gasteiger partial charge in [-0.15, -0.1) is 0 Å². The van der Waals surface area contributed by atoms with Gasteiger partial charge in [-0.1, -0.05) is 20.3 Å². The molecule has 1 amide bonds. The zero-order chi connectivity index (χ0) is 11.8. The highest BCUT2D eigenvalue weighted by Gasteiger charge is 2.20. The summed E-state index contributed by atoms with van der Waals surface area (Å²) >= 11 is 0. The number of hydrogen-bond donors (Lipinski definition) is 1. The SMILES string of the molecule is CCCC(C)C(=O)NC(C)C(OC)OC. The minimum Gasteiger partial charge on any atom is -0.354 e. The molecule has 0 spiro atoms. The highest BCUT2D eigenvalue weighted by molar-refractivity contribution is 5.78. The Balaban J connectivity index is 4.04. The second kappa shape index (κ2) is 7.65. The van der Waals surface area contributed by atoms with Crippen molar-refractivity contribution in [3.63, 3.8) is 0 Å². The zero-order valence-electron chi connectivity index (χ0n) is 10.4. The van der Waals surface area contributed by atoms with Gasteiger partial charge in [0.05, 0.1) is 6.04 Å². The lowest BCUT2D eigenvalue weighted by Gasteiger charge is -2.23. The van der Waals surface area contributed by atoms with E-state index in [2.05, 4.69) is 12.2 Å². The van der Waals surface area contributed by atoms with Gasteiger partial charge in [0.2, 0.25) is 5.91 Å². The lowest BCUT2D eigenvalue weighted by atomic mass is 10.1. The summed E-state index contributed by atoms with van der Waals surface area (Å²) in [6.07, 6.45) is 1.53. The molecule has 1 N–H and O–H groups in total. The number of amides is 1. The van der Waals surface area contributed by atoms with Crippen LogP contribution in [0.4, 0.5) is 0 Å². The lowest BCUT2D eigenvalue weighted by Crippen LogP contribution is -2.44. The van der Waals surface area contributed by atoms with Gasteiger partial charge in [-0.3, -0.25) is 4.79 Å². The van der Waals surface area contributed by atoms with Crippen molar-refractivity contribution in [1.82, 2.24) is 5.32 Å². The van der Waals surface area contributed by atoms with E-state index in [9.17, 15) is 4.79 Å². The third-order valence-corrected chi connectivity index (χ3v) is 2.41. The van der Waals surface area contributed by atoms with E-state index in [-0.39, 0.29) is 24.2 Å². The smallest absolute Gasteiger partial charge is 0.223 e. The molecule has 0 saturated heterocycles. The quantitative estimate of drug-likeness (QED) is 0.658. The molecule has 0 aromatic rings. The summed E-state index contributed by atoms with van der Waals surface area (Å²) in [5, 5.41) is 2.88. The van der Waals surface area contributed by atoms with Crippen molar-refractivity contribution in [3.05, 3.63) is 0 Å². The van der Waals surface area contributed by atoms with Crippen molar-refractivity contribution >= 4 is 5.91 Å². The molecule has 2 unspecified atom stereocenters. The molecule has 90 valence electrons. The van der Waals surface area contributed by atoms with Crippen LogP contribution in [-0.2, 0) is 14.3 Å². The van der Waals surface area contributed by atoms with Crippen LogP contribution in [-0.4, -0.2) is 32.5 Å². The topological polar surface area (TPSA) is 47.6 Å². The second-order valence-corrected chi connectivity index (χ2v) is 3.83. The number of rotatable bonds is 7. The van der Waals surface area contributed by atoms with E-state index in [0.29, 0.717) is 0 Å². The van der Waals surface area contributed by atoms with Gasteiger partial charge in [0.25, 0.3) is 0 Å². The Morgan fingerprint density at radius 3 is 2.20 bits per heavy atom. The Labute approximate surface area is 92.3 Å². The van der Waals surface area contributed by atoms with Crippen molar-refractivity contribution in [2.45, 2.75) is 45.9 Å². The van der Waals surface area contributed by atoms with E-state index in [1.807, 2.05) is 13.8 Å². The van der Waals surface area contributed by atoms with E-state index in [1.165, 1.54) is 0 Å². The van der Waals surface area contributed by atoms with Gasteiger partial charge in [-0.2, -0.15) is 0 Å². The van der Waals surface area contributed by atoms with Crippen LogP contribution in [0.15, 0.2) is 0 Å². The molecule has 0 aliphatic heterocycles. The van der Waals surface area contributed by atoms with Crippen LogP contribution >= 0.6 is 0 Å². The summed E-state index contributed by atoms with van der Waals surface area (Å²) in [6, 6.07) is -0.133. The molecule has 0 aromatic carbocycles. The van der Waals surface area contributed by atoms with Crippen LogP contribution in [0.5, 0.6) is 0 Å². The first-order valence-electron chi connectivity index (χ1n) is 5.42. The van der Waals surface area contributed by atoms with Crippen LogP contribution in [0.2, 0.25) is 0 Å². The number of carbonyl (C=O) groups is 1. The van der Waals surface area contributed by atoms with Crippen LogP contribution in [0, 0.1) is 5.92 Å². The van der Waals surface area contributed by atoms with Crippen LogP contribution in [0.25, 0.3) is 0 Å². The van der Waals surface area contributed by atoms with E-state index in [4.69, 9.17) is 9.47 Å². The van der Waals surface area contributed by atoms with E-state index < -0.39 is 0 Å². The predicted molar refractivity (Wildman–Crippen MR) is 59.5 cm³/mol. The minimum absolute atomic E-state index is 0.0480. The molecule has 0 rings (SSSR count). The molecule has 0 heterocycles. The monoisotopic (exact) mass is 217 g/mol. The molecule has 15 heavy (non-hydrogen) atoms. The van der Waals surface area contributed by atoms with Crippen molar-refractivity contribution in [2.75, 3.05) is 14.2 Å². The van der Waals surface area contributed by atoms with E-state index in [0.717, 1.165) is 12.8 Å². The van der Waals surface area contributed by atoms with Gasteiger partial charge >= 0.3 is 0 Å². The summed E-state index contributed by atoms with van der Waals surface area (Å²) in [4.78, 5) is 11.7. The molecule has 0 radical (unpaired) electrons. The largest absolute Gasteiger partial charge is 0.354 e.